The molecule has 0 aromatic carbocycles. The van der Waals surface area contributed by atoms with E-state index in [1.54, 1.807) is 0 Å². The zero-order chi connectivity index (χ0) is 53.2. The maximum atomic E-state index is 13.1. The van der Waals surface area contributed by atoms with Crippen LogP contribution in [-0.2, 0) is 38.0 Å². The van der Waals surface area contributed by atoms with Crippen molar-refractivity contribution in [3.05, 3.63) is 24.3 Å². The molecule has 2 rings (SSSR count). The van der Waals surface area contributed by atoms with Crippen molar-refractivity contribution in [2.45, 2.75) is 306 Å². The number of aliphatic hydroxyl groups excluding tert-OH is 7. The van der Waals surface area contributed by atoms with Crippen LogP contribution in [0.5, 0.6) is 0 Å². The van der Waals surface area contributed by atoms with E-state index in [1.165, 1.54) is 135 Å². The van der Waals surface area contributed by atoms with E-state index < -0.39 is 92.7 Å². The topological polar surface area (TPSA) is 231 Å². The Hall–Kier alpha value is -2.02. The fraction of sp³-hybridized carbons (Fsp3) is 0.897. The van der Waals surface area contributed by atoms with Gasteiger partial charge in [0.2, 0.25) is 0 Å². The Kier molecular flexibility index (Phi) is 41.4. The number of carbonyl (C=O) groups excluding carboxylic acids is 2. The molecule has 428 valence electrons. The zero-order valence-electron chi connectivity index (χ0n) is 45.6. The van der Waals surface area contributed by atoms with E-state index >= 15 is 0 Å². The van der Waals surface area contributed by atoms with E-state index in [0.29, 0.717) is 12.8 Å². The van der Waals surface area contributed by atoms with E-state index in [1.807, 2.05) is 0 Å². The highest BCUT2D eigenvalue weighted by Gasteiger charge is 2.47. The van der Waals surface area contributed by atoms with Crippen LogP contribution >= 0.6 is 0 Å². The molecule has 73 heavy (non-hydrogen) atoms. The Labute approximate surface area is 441 Å². The number of hydrogen-bond acceptors (Lipinski definition) is 15. The molecule has 0 radical (unpaired) electrons. The summed E-state index contributed by atoms with van der Waals surface area (Å²) in [6.45, 7) is 2.60. The normalized spacial score (nSPS) is 24.9. The molecule has 7 N–H and O–H groups in total. The summed E-state index contributed by atoms with van der Waals surface area (Å²) in [7, 11) is 0. The summed E-state index contributed by atoms with van der Waals surface area (Å²) in [5.41, 5.74) is 0. The second kappa shape index (κ2) is 45.0. The number of esters is 2. The van der Waals surface area contributed by atoms with Gasteiger partial charge in [-0.25, -0.2) is 0 Å². The predicted octanol–water partition coefficient (Wildman–Crippen LogP) is 9.89. The maximum absolute atomic E-state index is 13.1. The molecular formula is C58H106O15. The van der Waals surface area contributed by atoms with Crippen LogP contribution in [0.2, 0.25) is 0 Å². The molecule has 15 nitrogen and oxygen atoms in total. The van der Waals surface area contributed by atoms with Gasteiger partial charge in [0.15, 0.2) is 18.7 Å². The predicted molar refractivity (Wildman–Crippen MR) is 284 cm³/mol. The largest absolute Gasteiger partial charge is 0.462 e. The molecule has 0 aromatic rings. The van der Waals surface area contributed by atoms with Crippen LogP contribution in [-0.4, -0.2) is 142 Å². The molecule has 0 bridgehead atoms. The molecule has 15 heteroatoms. The third kappa shape index (κ3) is 32.4. The van der Waals surface area contributed by atoms with Crippen molar-refractivity contribution in [2.24, 2.45) is 0 Å². The average molecular weight is 1040 g/mol. The first-order chi connectivity index (χ1) is 35.5. The first-order valence-electron chi connectivity index (χ1n) is 29.4. The number of hydrogen-bond donors (Lipinski definition) is 7. The number of unbranched alkanes of at least 4 members (excludes halogenated alkanes) is 29. The van der Waals surface area contributed by atoms with Crippen molar-refractivity contribution >= 4 is 11.9 Å². The van der Waals surface area contributed by atoms with Crippen LogP contribution in [0.1, 0.15) is 239 Å². The van der Waals surface area contributed by atoms with Gasteiger partial charge in [0.25, 0.3) is 0 Å². The summed E-state index contributed by atoms with van der Waals surface area (Å²) < 4.78 is 33.7. The molecule has 0 aliphatic carbocycles. The van der Waals surface area contributed by atoms with Crippen molar-refractivity contribution in [1.82, 2.24) is 0 Å². The first-order valence-corrected chi connectivity index (χ1v) is 29.4. The molecule has 2 saturated heterocycles. The quantitative estimate of drug-likeness (QED) is 0.0171. The van der Waals surface area contributed by atoms with Gasteiger partial charge in [-0.05, 0) is 44.9 Å². The molecule has 2 aliphatic rings. The van der Waals surface area contributed by atoms with Crippen LogP contribution < -0.4 is 0 Å². The minimum Gasteiger partial charge on any atom is -0.462 e. The van der Waals surface area contributed by atoms with Crippen molar-refractivity contribution < 1.29 is 73.8 Å². The van der Waals surface area contributed by atoms with Gasteiger partial charge in [-0.15, -0.1) is 0 Å². The molecular weight excluding hydrogens is 937 g/mol. The highest BCUT2D eigenvalue weighted by molar-refractivity contribution is 5.70. The summed E-state index contributed by atoms with van der Waals surface area (Å²) in [6, 6.07) is 0. The van der Waals surface area contributed by atoms with E-state index in [2.05, 4.69) is 38.2 Å². The van der Waals surface area contributed by atoms with Crippen LogP contribution in [0.25, 0.3) is 0 Å². The average Bonchev–Trinajstić information content (AvgIpc) is 3.38. The van der Waals surface area contributed by atoms with Gasteiger partial charge in [-0.2, -0.15) is 0 Å². The molecule has 2 aliphatic heterocycles. The van der Waals surface area contributed by atoms with E-state index in [0.717, 1.165) is 64.2 Å². The Morgan fingerprint density at radius 2 is 0.822 bits per heavy atom. The number of rotatable bonds is 47. The molecule has 0 amide bonds. The van der Waals surface area contributed by atoms with Gasteiger partial charge in [-0.3, -0.25) is 9.59 Å². The molecule has 11 atom stereocenters. The van der Waals surface area contributed by atoms with Gasteiger partial charge < -0.3 is 64.2 Å². The van der Waals surface area contributed by atoms with Crippen molar-refractivity contribution in [2.75, 3.05) is 26.4 Å². The molecule has 0 spiro atoms. The number of allylic oxidation sites excluding steroid dienone is 4. The van der Waals surface area contributed by atoms with Crippen LogP contribution in [0, 0.1) is 0 Å². The summed E-state index contributed by atoms with van der Waals surface area (Å²) in [5, 5.41) is 72.3. The second-order valence-corrected chi connectivity index (χ2v) is 20.8. The van der Waals surface area contributed by atoms with Gasteiger partial charge in [0.1, 0.15) is 55.4 Å². The minimum atomic E-state index is -1.76. The first kappa shape index (κ1) is 67.1. The van der Waals surface area contributed by atoms with Crippen LogP contribution in [0.3, 0.4) is 0 Å². The SMILES string of the molecule is CCCCC/C=C/C/C=C/CCCCCCCCCC(=O)O[C@@H](COC(=O)CCCCCCCCCCCCCCCCCCCCCC)CO[C@@H]1O[C@H](CO[C@@H]2O[C@H](CO)[C@H](O)C(O)C2O)[C@H](O)C(O)C1O. The monoisotopic (exact) mass is 1040 g/mol. The Morgan fingerprint density at radius 1 is 0.438 bits per heavy atom. The maximum Gasteiger partial charge on any atom is 0.306 e. The van der Waals surface area contributed by atoms with Crippen molar-refractivity contribution in [1.29, 1.82) is 0 Å². The summed E-state index contributed by atoms with van der Waals surface area (Å²) >= 11 is 0. The number of carbonyl (C=O) groups is 2. The van der Waals surface area contributed by atoms with Crippen molar-refractivity contribution in [3.63, 3.8) is 0 Å². The van der Waals surface area contributed by atoms with E-state index in [9.17, 15) is 45.3 Å². The lowest BCUT2D eigenvalue weighted by Gasteiger charge is -2.42. The van der Waals surface area contributed by atoms with Gasteiger partial charge in [0, 0.05) is 12.8 Å². The van der Waals surface area contributed by atoms with E-state index in [-0.39, 0.29) is 26.1 Å². The fourth-order valence-electron chi connectivity index (χ4n) is 9.37. The molecule has 0 saturated carbocycles. The molecule has 2 fully saturated rings. The van der Waals surface area contributed by atoms with Gasteiger partial charge >= 0.3 is 11.9 Å². The Balaban J connectivity index is 1.74. The summed E-state index contributed by atoms with van der Waals surface area (Å²) in [5.74, 6) is -0.921. The lowest BCUT2D eigenvalue weighted by molar-refractivity contribution is -0.332. The lowest BCUT2D eigenvalue weighted by Crippen LogP contribution is -2.61. The van der Waals surface area contributed by atoms with Crippen molar-refractivity contribution in [3.8, 4) is 0 Å². The van der Waals surface area contributed by atoms with Crippen LogP contribution in [0.4, 0.5) is 0 Å². The lowest BCUT2D eigenvalue weighted by atomic mass is 9.98. The third-order valence-corrected chi connectivity index (χ3v) is 14.2. The van der Waals surface area contributed by atoms with E-state index in [4.69, 9.17) is 28.4 Å². The molecule has 2 heterocycles. The molecule has 4 unspecified atom stereocenters. The standard InChI is InChI=1S/C58H106O15/c1-3-5-7-9-11-13-15-17-19-21-22-23-25-26-28-30-32-34-36-38-40-49(60)68-43-46(71-50(61)41-39-37-35-33-31-29-27-24-20-18-16-14-12-10-8-6-4-2)44-69-57-56(67)54(65)52(63)48(73-57)45-70-58-55(66)53(64)51(62)47(42-59)72-58/h12,14,18,20,46-48,51-59,62-67H,3-11,13,15-17,19,21-45H2,1-2H3/b14-12+,20-18+/t46-,47+,48+,51-,52-,53?,54?,55?,56?,57+,58+/m0/s1. The highest BCUT2D eigenvalue weighted by atomic mass is 16.7. The fourth-order valence-corrected chi connectivity index (χ4v) is 9.37. The van der Waals surface area contributed by atoms with Crippen LogP contribution in [0.15, 0.2) is 24.3 Å². The van der Waals surface area contributed by atoms with Gasteiger partial charge in [0.05, 0.1) is 19.8 Å². The second-order valence-electron chi connectivity index (χ2n) is 20.8. The minimum absolute atomic E-state index is 0.159. The third-order valence-electron chi connectivity index (χ3n) is 14.2. The smallest absolute Gasteiger partial charge is 0.306 e. The number of ether oxygens (including phenoxy) is 6. The highest BCUT2D eigenvalue weighted by Crippen LogP contribution is 2.27. The zero-order valence-corrected chi connectivity index (χ0v) is 45.6. The van der Waals surface area contributed by atoms with Gasteiger partial charge in [-0.1, -0.05) is 205 Å². The Bertz CT molecular complexity index is 1360. The Morgan fingerprint density at radius 3 is 1.30 bits per heavy atom. The summed E-state index contributed by atoms with van der Waals surface area (Å²) in [6.07, 6.45) is 31.9. The number of aliphatic hydroxyl groups is 7. The summed E-state index contributed by atoms with van der Waals surface area (Å²) in [4.78, 5) is 25.9. The molecule has 0 aromatic heterocycles.